The van der Waals surface area contributed by atoms with Crippen LogP contribution in [0, 0.1) is 5.41 Å². The largest absolute Gasteiger partial charge is 0.396 e. The summed E-state index contributed by atoms with van der Waals surface area (Å²) in [5, 5.41) is 6.34. The molecule has 1 aliphatic rings. The lowest BCUT2D eigenvalue weighted by atomic mass is 9.84. The van der Waals surface area contributed by atoms with Crippen LogP contribution in [0.1, 0.15) is 24.3 Å². The number of carbonyl (C=O) groups excluding carboxylic acids is 1. The van der Waals surface area contributed by atoms with E-state index in [2.05, 4.69) is 24.0 Å². The van der Waals surface area contributed by atoms with Crippen LogP contribution in [-0.2, 0) is 0 Å². The molecule has 1 fully saturated rings. The second-order valence-corrected chi connectivity index (χ2v) is 4.53. The second-order valence-electron chi connectivity index (χ2n) is 4.53. The summed E-state index contributed by atoms with van der Waals surface area (Å²) in [6.07, 6.45) is 1.46. The lowest BCUT2D eigenvalue weighted by Gasteiger charge is -2.45. The Morgan fingerprint density at radius 3 is 2.71 bits per heavy atom. The Kier molecular flexibility index (Phi) is 1.77. The zero-order chi connectivity index (χ0) is 10.3. The summed E-state index contributed by atoms with van der Waals surface area (Å²) in [6.45, 7) is 5.83. The number of nitrogens with one attached hydrogen (secondary N) is 1. The van der Waals surface area contributed by atoms with Gasteiger partial charge in [0.1, 0.15) is 5.69 Å². The zero-order valence-electron chi connectivity index (χ0n) is 8.37. The maximum atomic E-state index is 11.8. The molecule has 1 amide bonds. The zero-order valence-corrected chi connectivity index (χ0v) is 8.37. The van der Waals surface area contributed by atoms with Crippen molar-refractivity contribution in [3.05, 3.63) is 11.9 Å². The van der Waals surface area contributed by atoms with Gasteiger partial charge < -0.3 is 10.6 Å². The third-order valence-electron chi connectivity index (χ3n) is 2.41. The highest BCUT2D eigenvalue weighted by Gasteiger charge is 2.38. The Labute approximate surface area is 82.3 Å². The lowest BCUT2D eigenvalue weighted by molar-refractivity contribution is 0.0232. The number of likely N-dealkylation sites (tertiary alicyclic amines) is 1. The fourth-order valence-electron chi connectivity index (χ4n) is 1.76. The molecule has 1 saturated heterocycles. The molecule has 0 unspecified atom stereocenters. The average Bonchev–Trinajstić information content (AvgIpc) is 2.45. The molecule has 0 bridgehead atoms. The van der Waals surface area contributed by atoms with E-state index >= 15 is 0 Å². The molecule has 0 spiro atoms. The summed E-state index contributed by atoms with van der Waals surface area (Å²) in [7, 11) is 0. The summed E-state index contributed by atoms with van der Waals surface area (Å²) in [6, 6.07) is 0. The van der Waals surface area contributed by atoms with Gasteiger partial charge in [-0.05, 0) is 5.41 Å². The number of hydrogen-bond donors (Lipinski definition) is 2. The van der Waals surface area contributed by atoms with Gasteiger partial charge in [-0.3, -0.25) is 9.89 Å². The minimum Gasteiger partial charge on any atom is -0.396 e. The average molecular weight is 194 g/mol. The second kappa shape index (κ2) is 2.73. The molecular weight excluding hydrogens is 180 g/mol. The summed E-state index contributed by atoms with van der Waals surface area (Å²) in [5.74, 6) is -0.0562. The molecule has 0 aliphatic carbocycles. The Morgan fingerprint density at radius 2 is 2.29 bits per heavy atom. The number of amides is 1. The first kappa shape index (κ1) is 9.05. The van der Waals surface area contributed by atoms with Gasteiger partial charge in [0, 0.05) is 13.1 Å². The van der Waals surface area contributed by atoms with Crippen molar-refractivity contribution in [2.24, 2.45) is 5.41 Å². The van der Waals surface area contributed by atoms with Gasteiger partial charge in [-0.25, -0.2) is 0 Å². The highest BCUT2D eigenvalue weighted by Crippen LogP contribution is 2.30. The van der Waals surface area contributed by atoms with E-state index in [-0.39, 0.29) is 11.3 Å². The molecule has 5 nitrogen and oxygen atoms in total. The first-order valence-electron chi connectivity index (χ1n) is 4.58. The van der Waals surface area contributed by atoms with Gasteiger partial charge in [0.2, 0.25) is 0 Å². The Morgan fingerprint density at radius 1 is 1.64 bits per heavy atom. The third kappa shape index (κ3) is 1.34. The number of aromatic nitrogens is 2. The van der Waals surface area contributed by atoms with E-state index in [1.165, 1.54) is 6.20 Å². The van der Waals surface area contributed by atoms with E-state index in [1.54, 1.807) is 4.90 Å². The fraction of sp³-hybridized carbons (Fsp3) is 0.556. The van der Waals surface area contributed by atoms with Gasteiger partial charge in [0.05, 0.1) is 11.9 Å². The lowest BCUT2D eigenvalue weighted by Crippen LogP contribution is -2.55. The summed E-state index contributed by atoms with van der Waals surface area (Å²) in [4.78, 5) is 13.5. The van der Waals surface area contributed by atoms with Gasteiger partial charge in [0.15, 0.2) is 0 Å². The van der Waals surface area contributed by atoms with Crippen molar-refractivity contribution in [3.8, 4) is 0 Å². The standard InChI is InChI=1S/C9H14N4O/c1-9(2)4-13(5-9)8(14)7-6(10)3-11-12-7/h3H,4-5,10H2,1-2H3,(H,11,12). The Hall–Kier alpha value is -1.52. The number of carbonyl (C=O) groups is 1. The molecule has 0 radical (unpaired) electrons. The van der Waals surface area contributed by atoms with Crippen LogP contribution >= 0.6 is 0 Å². The minimum atomic E-state index is -0.0562. The van der Waals surface area contributed by atoms with Crippen LogP contribution in [0.5, 0.6) is 0 Å². The molecule has 0 saturated carbocycles. The van der Waals surface area contributed by atoms with Crippen LogP contribution in [0.3, 0.4) is 0 Å². The molecule has 5 heteroatoms. The molecule has 76 valence electrons. The fourth-order valence-corrected chi connectivity index (χ4v) is 1.76. The monoisotopic (exact) mass is 194 g/mol. The van der Waals surface area contributed by atoms with E-state index in [1.807, 2.05) is 0 Å². The van der Waals surface area contributed by atoms with Crippen LogP contribution < -0.4 is 5.73 Å². The number of anilines is 1. The van der Waals surface area contributed by atoms with Crippen molar-refractivity contribution in [2.75, 3.05) is 18.8 Å². The van der Waals surface area contributed by atoms with Crippen LogP contribution in [0.25, 0.3) is 0 Å². The number of H-pyrrole nitrogens is 1. The summed E-state index contributed by atoms with van der Waals surface area (Å²) < 4.78 is 0. The number of aromatic amines is 1. The number of nitrogens with two attached hydrogens (primary N) is 1. The normalized spacial score (nSPS) is 19.1. The van der Waals surface area contributed by atoms with Crippen LogP contribution in [0.2, 0.25) is 0 Å². The maximum Gasteiger partial charge on any atom is 0.274 e. The molecule has 2 heterocycles. The predicted octanol–water partition coefficient (Wildman–Crippen LogP) is 0.474. The summed E-state index contributed by atoms with van der Waals surface area (Å²) >= 11 is 0. The Balaban J connectivity index is 2.08. The smallest absolute Gasteiger partial charge is 0.274 e. The van der Waals surface area contributed by atoms with E-state index in [9.17, 15) is 4.79 Å². The predicted molar refractivity (Wildman–Crippen MR) is 52.7 cm³/mol. The molecule has 3 N–H and O–H groups in total. The van der Waals surface area contributed by atoms with Crippen molar-refractivity contribution >= 4 is 11.6 Å². The molecular formula is C9H14N4O. The van der Waals surface area contributed by atoms with Crippen LogP contribution in [-0.4, -0.2) is 34.1 Å². The quantitative estimate of drug-likeness (QED) is 0.682. The highest BCUT2D eigenvalue weighted by molar-refractivity contribution is 5.97. The van der Waals surface area contributed by atoms with Gasteiger partial charge in [0.25, 0.3) is 5.91 Å². The molecule has 0 atom stereocenters. The van der Waals surface area contributed by atoms with Crippen LogP contribution in [0.15, 0.2) is 6.20 Å². The van der Waals surface area contributed by atoms with E-state index < -0.39 is 0 Å². The molecule has 0 aromatic carbocycles. The van der Waals surface area contributed by atoms with Crippen molar-refractivity contribution in [3.63, 3.8) is 0 Å². The van der Waals surface area contributed by atoms with E-state index in [0.29, 0.717) is 11.4 Å². The SMILES string of the molecule is CC1(C)CN(C(=O)c2[nH]ncc2N)C1. The number of nitrogens with zero attached hydrogens (tertiary/aromatic N) is 2. The molecule has 2 rings (SSSR count). The third-order valence-corrected chi connectivity index (χ3v) is 2.41. The van der Waals surface area contributed by atoms with Crippen molar-refractivity contribution in [1.29, 1.82) is 0 Å². The van der Waals surface area contributed by atoms with Crippen LogP contribution in [0.4, 0.5) is 5.69 Å². The van der Waals surface area contributed by atoms with Gasteiger partial charge in [-0.1, -0.05) is 13.8 Å². The first-order valence-corrected chi connectivity index (χ1v) is 4.58. The van der Waals surface area contributed by atoms with Crippen molar-refractivity contribution in [2.45, 2.75) is 13.8 Å². The molecule has 14 heavy (non-hydrogen) atoms. The Bertz CT molecular complexity index is 361. The highest BCUT2D eigenvalue weighted by atomic mass is 16.2. The molecule has 1 aromatic rings. The topological polar surface area (TPSA) is 75.0 Å². The van der Waals surface area contributed by atoms with Crippen molar-refractivity contribution < 1.29 is 4.79 Å². The van der Waals surface area contributed by atoms with Gasteiger partial charge in [-0.2, -0.15) is 5.10 Å². The van der Waals surface area contributed by atoms with Gasteiger partial charge >= 0.3 is 0 Å². The number of rotatable bonds is 1. The summed E-state index contributed by atoms with van der Waals surface area (Å²) in [5.41, 5.74) is 6.64. The van der Waals surface area contributed by atoms with E-state index in [4.69, 9.17) is 5.73 Å². The number of nitrogen functional groups attached to an aromatic ring is 1. The number of hydrogen-bond acceptors (Lipinski definition) is 3. The molecule has 1 aliphatic heterocycles. The van der Waals surface area contributed by atoms with Crippen molar-refractivity contribution in [1.82, 2.24) is 15.1 Å². The minimum absolute atomic E-state index is 0.0562. The van der Waals surface area contributed by atoms with E-state index in [0.717, 1.165) is 13.1 Å². The molecule has 1 aromatic heterocycles. The maximum absolute atomic E-state index is 11.8. The van der Waals surface area contributed by atoms with Gasteiger partial charge in [-0.15, -0.1) is 0 Å². The first-order chi connectivity index (χ1) is 6.49.